The van der Waals surface area contributed by atoms with Gasteiger partial charge in [-0.15, -0.1) is 0 Å². The van der Waals surface area contributed by atoms with E-state index in [0.29, 0.717) is 24.3 Å². The molecule has 0 unspecified atom stereocenters. The Balaban J connectivity index is 1.83. The minimum Gasteiger partial charge on any atom is -0.504 e. The quantitative estimate of drug-likeness (QED) is 0.597. The smallest absolute Gasteiger partial charge is 0.200 e. The summed E-state index contributed by atoms with van der Waals surface area (Å²) in [5.74, 6) is -1.03. The number of benzene rings is 1. The SMILES string of the molecule is CCOC1CC(NCc2ccc(O)c(O)c2O)C1. The molecule has 0 radical (unpaired) electrons. The fourth-order valence-electron chi connectivity index (χ4n) is 2.11. The van der Waals surface area contributed by atoms with Crippen LogP contribution in [0.3, 0.4) is 0 Å². The van der Waals surface area contributed by atoms with Gasteiger partial charge in [0.25, 0.3) is 0 Å². The van der Waals surface area contributed by atoms with E-state index >= 15 is 0 Å². The van der Waals surface area contributed by atoms with E-state index in [2.05, 4.69) is 5.32 Å². The molecule has 1 aromatic carbocycles. The van der Waals surface area contributed by atoms with Crippen molar-refractivity contribution in [3.63, 3.8) is 0 Å². The minimum atomic E-state index is -0.463. The molecule has 1 aliphatic rings. The van der Waals surface area contributed by atoms with Gasteiger partial charge in [0, 0.05) is 24.8 Å². The maximum atomic E-state index is 9.64. The summed E-state index contributed by atoms with van der Waals surface area (Å²) in [5.41, 5.74) is 0.574. The standard InChI is InChI=1S/C13H19NO4/c1-2-18-10-5-9(6-10)14-7-8-3-4-11(15)13(17)12(8)16/h3-4,9-10,14-17H,2,5-7H2,1H3. The van der Waals surface area contributed by atoms with Crippen LogP contribution >= 0.6 is 0 Å². The summed E-state index contributed by atoms with van der Waals surface area (Å²) in [5, 5.41) is 31.5. The van der Waals surface area contributed by atoms with Crippen LogP contribution in [0.5, 0.6) is 17.2 Å². The van der Waals surface area contributed by atoms with Crippen LogP contribution in [-0.2, 0) is 11.3 Å². The Kier molecular flexibility index (Phi) is 3.93. The molecule has 2 rings (SSSR count). The Morgan fingerprint density at radius 3 is 2.61 bits per heavy atom. The number of phenolic OH excluding ortho intramolecular Hbond substituents is 3. The molecule has 1 aromatic rings. The number of nitrogens with one attached hydrogen (secondary N) is 1. The van der Waals surface area contributed by atoms with Crippen molar-refractivity contribution in [1.82, 2.24) is 5.32 Å². The van der Waals surface area contributed by atoms with Crippen molar-refractivity contribution in [3.05, 3.63) is 17.7 Å². The predicted octanol–water partition coefficient (Wildman–Crippen LogP) is 1.46. The van der Waals surface area contributed by atoms with E-state index in [1.165, 1.54) is 6.07 Å². The summed E-state index contributed by atoms with van der Waals surface area (Å²) in [6.45, 7) is 3.19. The van der Waals surface area contributed by atoms with Gasteiger partial charge < -0.3 is 25.4 Å². The third kappa shape index (κ3) is 2.68. The fourth-order valence-corrected chi connectivity index (χ4v) is 2.11. The average Bonchev–Trinajstić information content (AvgIpc) is 2.31. The highest BCUT2D eigenvalue weighted by molar-refractivity contribution is 5.53. The summed E-state index contributed by atoms with van der Waals surface area (Å²) in [4.78, 5) is 0. The predicted molar refractivity (Wildman–Crippen MR) is 66.7 cm³/mol. The van der Waals surface area contributed by atoms with Gasteiger partial charge >= 0.3 is 0 Å². The van der Waals surface area contributed by atoms with Crippen molar-refractivity contribution < 1.29 is 20.1 Å². The maximum Gasteiger partial charge on any atom is 0.200 e. The molecule has 18 heavy (non-hydrogen) atoms. The second-order valence-corrected chi connectivity index (χ2v) is 4.57. The molecule has 4 N–H and O–H groups in total. The Morgan fingerprint density at radius 1 is 1.22 bits per heavy atom. The van der Waals surface area contributed by atoms with Gasteiger partial charge in [-0.25, -0.2) is 0 Å². The van der Waals surface area contributed by atoms with E-state index in [9.17, 15) is 15.3 Å². The maximum absolute atomic E-state index is 9.64. The lowest BCUT2D eigenvalue weighted by atomic mass is 9.89. The third-order valence-electron chi connectivity index (χ3n) is 3.29. The molecule has 0 heterocycles. The molecule has 0 aromatic heterocycles. The van der Waals surface area contributed by atoms with E-state index in [0.717, 1.165) is 19.4 Å². The molecular weight excluding hydrogens is 234 g/mol. The molecule has 0 spiro atoms. The summed E-state index contributed by atoms with van der Waals surface area (Å²) in [6, 6.07) is 3.35. The van der Waals surface area contributed by atoms with Crippen LogP contribution in [0.4, 0.5) is 0 Å². The molecular formula is C13H19NO4. The fraction of sp³-hybridized carbons (Fsp3) is 0.538. The Labute approximate surface area is 106 Å². The summed E-state index contributed by atoms with van der Waals surface area (Å²) in [6.07, 6.45) is 2.28. The van der Waals surface area contributed by atoms with Gasteiger partial charge in [0.2, 0.25) is 5.75 Å². The largest absolute Gasteiger partial charge is 0.504 e. The zero-order valence-corrected chi connectivity index (χ0v) is 10.4. The van der Waals surface area contributed by atoms with E-state index in [1.807, 2.05) is 6.92 Å². The van der Waals surface area contributed by atoms with Crippen molar-refractivity contribution in [3.8, 4) is 17.2 Å². The first-order chi connectivity index (χ1) is 8.61. The zero-order chi connectivity index (χ0) is 13.1. The molecule has 0 aliphatic heterocycles. The van der Waals surface area contributed by atoms with Gasteiger partial charge in [-0.05, 0) is 25.8 Å². The third-order valence-corrected chi connectivity index (χ3v) is 3.29. The molecule has 0 saturated heterocycles. The van der Waals surface area contributed by atoms with Crippen molar-refractivity contribution in [2.24, 2.45) is 0 Å². The van der Waals surface area contributed by atoms with Gasteiger partial charge in [-0.3, -0.25) is 0 Å². The number of hydrogen-bond donors (Lipinski definition) is 4. The minimum absolute atomic E-state index is 0.261. The molecule has 100 valence electrons. The van der Waals surface area contributed by atoms with Crippen LogP contribution < -0.4 is 5.32 Å². The van der Waals surface area contributed by atoms with Crippen LogP contribution in [-0.4, -0.2) is 34.1 Å². The molecule has 0 amide bonds. The Morgan fingerprint density at radius 2 is 1.94 bits per heavy atom. The number of rotatable bonds is 5. The van der Waals surface area contributed by atoms with Crippen molar-refractivity contribution in [2.75, 3.05) is 6.61 Å². The number of phenols is 3. The second kappa shape index (κ2) is 5.46. The first kappa shape index (κ1) is 13.0. The second-order valence-electron chi connectivity index (χ2n) is 4.57. The molecule has 0 bridgehead atoms. The van der Waals surface area contributed by atoms with Crippen LogP contribution in [0.1, 0.15) is 25.3 Å². The van der Waals surface area contributed by atoms with Gasteiger partial charge in [0.1, 0.15) is 0 Å². The lowest BCUT2D eigenvalue weighted by Gasteiger charge is -2.35. The van der Waals surface area contributed by atoms with E-state index in [1.54, 1.807) is 6.07 Å². The topological polar surface area (TPSA) is 82.0 Å². The van der Waals surface area contributed by atoms with Crippen LogP contribution in [0.2, 0.25) is 0 Å². The molecule has 1 saturated carbocycles. The van der Waals surface area contributed by atoms with Gasteiger partial charge in [-0.1, -0.05) is 6.07 Å². The van der Waals surface area contributed by atoms with Gasteiger partial charge in [-0.2, -0.15) is 0 Å². The van der Waals surface area contributed by atoms with E-state index in [4.69, 9.17) is 4.74 Å². The van der Waals surface area contributed by atoms with E-state index in [-0.39, 0.29) is 11.5 Å². The van der Waals surface area contributed by atoms with Crippen LogP contribution in [0.25, 0.3) is 0 Å². The number of ether oxygens (including phenoxy) is 1. The van der Waals surface area contributed by atoms with Crippen molar-refractivity contribution >= 4 is 0 Å². The Hall–Kier alpha value is -1.46. The Bertz CT molecular complexity index is 416. The molecule has 0 atom stereocenters. The zero-order valence-electron chi connectivity index (χ0n) is 10.4. The lowest BCUT2D eigenvalue weighted by Crippen LogP contribution is -2.45. The molecule has 1 aliphatic carbocycles. The van der Waals surface area contributed by atoms with Gasteiger partial charge in [0.15, 0.2) is 11.5 Å². The molecule has 5 heteroatoms. The molecule has 1 fully saturated rings. The van der Waals surface area contributed by atoms with Crippen molar-refractivity contribution in [1.29, 1.82) is 0 Å². The summed E-state index contributed by atoms with van der Waals surface area (Å²) < 4.78 is 5.46. The van der Waals surface area contributed by atoms with Crippen molar-refractivity contribution in [2.45, 2.75) is 38.5 Å². The highest BCUT2D eigenvalue weighted by Crippen LogP contribution is 2.37. The van der Waals surface area contributed by atoms with Crippen LogP contribution in [0, 0.1) is 0 Å². The average molecular weight is 253 g/mol. The summed E-state index contributed by atoms with van der Waals surface area (Å²) >= 11 is 0. The first-order valence-electron chi connectivity index (χ1n) is 6.19. The highest BCUT2D eigenvalue weighted by Gasteiger charge is 2.29. The highest BCUT2D eigenvalue weighted by atomic mass is 16.5. The monoisotopic (exact) mass is 253 g/mol. The number of hydrogen-bond acceptors (Lipinski definition) is 5. The first-order valence-corrected chi connectivity index (χ1v) is 6.19. The van der Waals surface area contributed by atoms with E-state index < -0.39 is 5.75 Å². The number of aromatic hydroxyl groups is 3. The lowest BCUT2D eigenvalue weighted by molar-refractivity contribution is -0.0102. The van der Waals surface area contributed by atoms with Crippen LogP contribution in [0.15, 0.2) is 12.1 Å². The normalized spacial score (nSPS) is 22.7. The molecule has 5 nitrogen and oxygen atoms in total. The summed E-state index contributed by atoms with van der Waals surface area (Å²) in [7, 11) is 0. The van der Waals surface area contributed by atoms with Gasteiger partial charge in [0.05, 0.1) is 6.10 Å².